The number of hydrogen-bond acceptors (Lipinski definition) is 4. The van der Waals surface area contributed by atoms with Gasteiger partial charge in [0.05, 0.1) is 25.4 Å². The Balaban J connectivity index is 2.38. The topological polar surface area (TPSA) is 41.9 Å². The Kier molecular flexibility index (Phi) is 4.32. The molecule has 0 aromatic heterocycles. The van der Waals surface area contributed by atoms with Crippen molar-refractivity contribution in [1.82, 2.24) is 0 Å². The second-order valence-corrected chi connectivity index (χ2v) is 5.23. The van der Waals surface area contributed by atoms with Gasteiger partial charge in [-0.25, -0.2) is 0 Å². The number of ether oxygens (including phenoxy) is 2. The van der Waals surface area contributed by atoms with Crippen LogP contribution in [-0.4, -0.2) is 37.5 Å². The molecule has 4 nitrogen and oxygen atoms in total. The molecule has 4 heteroatoms. The maximum absolute atomic E-state index is 10.0. The van der Waals surface area contributed by atoms with Crippen LogP contribution in [0, 0.1) is 0 Å². The summed E-state index contributed by atoms with van der Waals surface area (Å²) in [5.74, 6) is 0.735. The summed E-state index contributed by atoms with van der Waals surface area (Å²) in [5.41, 5.74) is 1.89. The summed E-state index contributed by atoms with van der Waals surface area (Å²) in [6.45, 7) is 7.58. The zero-order chi connectivity index (χ0) is 14.0. The Hall–Kier alpha value is -1.26. The zero-order valence-corrected chi connectivity index (χ0v) is 12.1. The molecular weight excluding hydrogens is 242 g/mol. The van der Waals surface area contributed by atoms with E-state index >= 15 is 0 Å². The van der Waals surface area contributed by atoms with E-state index in [2.05, 4.69) is 18.7 Å². The van der Waals surface area contributed by atoms with Crippen LogP contribution in [0.1, 0.15) is 32.4 Å². The smallest absolute Gasteiger partial charge is 0.126 e. The van der Waals surface area contributed by atoms with Crippen molar-refractivity contribution in [3.8, 4) is 5.75 Å². The third kappa shape index (κ3) is 3.01. The lowest BCUT2D eigenvalue weighted by Gasteiger charge is -2.38. The van der Waals surface area contributed by atoms with Gasteiger partial charge in [0.25, 0.3) is 0 Å². The maximum atomic E-state index is 10.0. The van der Waals surface area contributed by atoms with E-state index in [1.54, 1.807) is 14.0 Å². The second-order valence-electron chi connectivity index (χ2n) is 5.23. The third-order valence-corrected chi connectivity index (χ3v) is 3.44. The average molecular weight is 265 g/mol. The van der Waals surface area contributed by atoms with Crippen molar-refractivity contribution in [3.63, 3.8) is 0 Å². The van der Waals surface area contributed by atoms with Crippen molar-refractivity contribution in [2.45, 2.75) is 39.1 Å². The number of benzene rings is 1. The Bertz CT molecular complexity index is 423. The first-order valence-corrected chi connectivity index (χ1v) is 6.78. The molecule has 0 aliphatic carbocycles. The molecule has 19 heavy (non-hydrogen) atoms. The summed E-state index contributed by atoms with van der Waals surface area (Å²) in [6, 6.07) is 5.89. The molecule has 0 amide bonds. The van der Waals surface area contributed by atoms with E-state index < -0.39 is 6.10 Å². The van der Waals surface area contributed by atoms with Gasteiger partial charge in [0.1, 0.15) is 5.75 Å². The van der Waals surface area contributed by atoms with Crippen molar-refractivity contribution in [2.75, 3.05) is 25.1 Å². The van der Waals surface area contributed by atoms with Crippen molar-refractivity contribution < 1.29 is 14.6 Å². The van der Waals surface area contributed by atoms with Crippen LogP contribution in [0.15, 0.2) is 18.2 Å². The highest BCUT2D eigenvalue weighted by molar-refractivity contribution is 5.60. The largest absolute Gasteiger partial charge is 0.496 e. The van der Waals surface area contributed by atoms with Gasteiger partial charge in [-0.3, -0.25) is 0 Å². The summed E-state index contributed by atoms with van der Waals surface area (Å²) >= 11 is 0. The van der Waals surface area contributed by atoms with Crippen molar-refractivity contribution in [3.05, 3.63) is 23.8 Å². The molecule has 0 saturated carbocycles. The molecule has 1 aliphatic rings. The van der Waals surface area contributed by atoms with Gasteiger partial charge in [-0.2, -0.15) is 0 Å². The Morgan fingerprint density at radius 3 is 2.47 bits per heavy atom. The Labute approximate surface area is 114 Å². The van der Waals surface area contributed by atoms with Gasteiger partial charge in [0.15, 0.2) is 0 Å². The van der Waals surface area contributed by atoms with Crippen LogP contribution in [0.25, 0.3) is 0 Å². The van der Waals surface area contributed by atoms with E-state index in [0.29, 0.717) is 0 Å². The molecule has 3 atom stereocenters. The second kappa shape index (κ2) is 5.80. The minimum absolute atomic E-state index is 0.191. The number of methoxy groups -OCH3 is 1. The number of rotatable bonds is 3. The van der Waals surface area contributed by atoms with Crippen LogP contribution in [0.4, 0.5) is 5.69 Å². The standard InChI is InChI=1S/C15H23NO3/c1-10-8-16(9-11(2)19-10)13-6-5-7-14(18-4)15(13)12(3)17/h5-7,10-12,17H,8-9H2,1-4H3/t10-,11+,12?. The van der Waals surface area contributed by atoms with Gasteiger partial charge in [-0.15, -0.1) is 0 Å². The highest BCUT2D eigenvalue weighted by atomic mass is 16.5. The fourth-order valence-electron chi connectivity index (χ4n) is 2.78. The first-order valence-electron chi connectivity index (χ1n) is 6.78. The number of aliphatic hydroxyl groups is 1. The van der Waals surface area contributed by atoms with E-state index in [9.17, 15) is 5.11 Å². The highest BCUT2D eigenvalue weighted by Crippen LogP contribution is 2.35. The lowest BCUT2D eigenvalue weighted by atomic mass is 10.0. The minimum Gasteiger partial charge on any atom is -0.496 e. The van der Waals surface area contributed by atoms with E-state index in [1.807, 2.05) is 18.2 Å². The predicted molar refractivity (Wildman–Crippen MR) is 75.8 cm³/mol. The van der Waals surface area contributed by atoms with Gasteiger partial charge < -0.3 is 19.5 Å². The molecule has 0 radical (unpaired) electrons. The highest BCUT2D eigenvalue weighted by Gasteiger charge is 2.26. The van der Waals surface area contributed by atoms with Crippen LogP contribution >= 0.6 is 0 Å². The summed E-state index contributed by atoms with van der Waals surface area (Å²) in [5, 5.41) is 10.0. The summed E-state index contributed by atoms with van der Waals surface area (Å²) in [7, 11) is 1.63. The molecule has 106 valence electrons. The number of nitrogens with zero attached hydrogens (tertiary/aromatic N) is 1. The molecule has 1 aromatic rings. The van der Waals surface area contributed by atoms with Crippen LogP contribution in [-0.2, 0) is 4.74 Å². The maximum Gasteiger partial charge on any atom is 0.126 e. The molecule has 1 N–H and O–H groups in total. The SMILES string of the molecule is COc1cccc(N2C[C@@H](C)O[C@@H](C)C2)c1C(C)O. The number of anilines is 1. The van der Waals surface area contributed by atoms with Gasteiger partial charge in [-0.1, -0.05) is 6.07 Å². The van der Waals surface area contributed by atoms with Crippen LogP contribution in [0.5, 0.6) is 5.75 Å². The number of morpholine rings is 1. The molecule has 1 heterocycles. The first kappa shape index (κ1) is 14.2. The lowest BCUT2D eigenvalue weighted by Crippen LogP contribution is -2.45. The van der Waals surface area contributed by atoms with E-state index in [0.717, 1.165) is 30.1 Å². The predicted octanol–water partition coefficient (Wildman–Crippen LogP) is 2.36. The van der Waals surface area contributed by atoms with Crippen LogP contribution < -0.4 is 9.64 Å². The molecule has 1 unspecified atom stereocenters. The van der Waals surface area contributed by atoms with Gasteiger partial charge in [0, 0.05) is 24.3 Å². The van der Waals surface area contributed by atoms with Gasteiger partial charge >= 0.3 is 0 Å². The molecule has 1 fully saturated rings. The Morgan fingerprint density at radius 1 is 1.32 bits per heavy atom. The van der Waals surface area contributed by atoms with E-state index in [4.69, 9.17) is 9.47 Å². The van der Waals surface area contributed by atoms with Crippen molar-refractivity contribution in [2.24, 2.45) is 0 Å². The van der Waals surface area contributed by atoms with E-state index in [-0.39, 0.29) is 12.2 Å². The lowest BCUT2D eigenvalue weighted by molar-refractivity contribution is -0.00540. The summed E-state index contributed by atoms with van der Waals surface area (Å²) < 4.78 is 11.1. The third-order valence-electron chi connectivity index (χ3n) is 3.44. The zero-order valence-electron chi connectivity index (χ0n) is 12.1. The summed E-state index contributed by atoms with van der Waals surface area (Å²) in [4.78, 5) is 2.27. The average Bonchev–Trinajstić information content (AvgIpc) is 2.36. The van der Waals surface area contributed by atoms with Crippen LogP contribution in [0.2, 0.25) is 0 Å². The molecule has 2 rings (SSSR count). The fraction of sp³-hybridized carbons (Fsp3) is 0.600. The van der Waals surface area contributed by atoms with Gasteiger partial charge in [-0.05, 0) is 32.9 Å². The molecule has 1 aromatic carbocycles. The van der Waals surface area contributed by atoms with Crippen molar-refractivity contribution in [1.29, 1.82) is 0 Å². The molecule has 1 aliphatic heterocycles. The molecule has 0 spiro atoms. The van der Waals surface area contributed by atoms with Crippen LogP contribution in [0.3, 0.4) is 0 Å². The molecule has 1 saturated heterocycles. The van der Waals surface area contributed by atoms with Gasteiger partial charge in [0.2, 0.25) is 0 Å². The number of hydrogen-bond donors (Lipinski definition) is 1. The van der Waals surface area contributed by atoms with E-state index in [1.165, 1.54) is 0 Å². The summed E-state index contributed by atoms with van der Waals surface area (Å²) in [6.07, 6.45) is -0.173. The first-order chi connectivity index (χ1) is 9.02. The fourth-order valence-corrected chi connectivity index (χ4v) is 2.78. The normalized spacial score (nSPS) is 25.2. The monoisotopic (exact) mass is 265 g/mol. The quantitative estimate of drug-likeness (QED) is 0.911. The molecular formula is C15H23NO3. The van der Waals surface area contributed by atoms with Crippen molar-refractivity contribution >= 4 is 5.69 Å². The Morgan fingerprint density at radius 2 is 1.95 bits per heavy atom. The number of aliphatic hydroxyl groups excluding tert-OH is 1. The molecule has 0 bridgehead atoms. The minimum atomic E-state index is -0.556.